The van der Waals surface area contributed by atoms with Crippen molar-refractivity contribution in [3.8, 4) is 0 Å². The molecule has 0 radical (unpaired) electrons. The van der Waals surface area contributed by atoms with Crippen molar-refractivity contribution >= 4 is 11.9 Å². The SMILES string of the molecule is CCC1CCCCN1C(=O)c1cc(C)nc(NCc2cccc(C)c2)n1. The Labute approximate surface area is 155 Å². The van der Waals surface area contributed by atoms with Crippen molar-refractivity contribution in [2.45, 2.75) is 59.0 Å². The summed E-state index contributed by atoms with van der Waals surface area (Å²) in [6.07, 6.45) is 4.36. The van der Waals surface area contributed by atoms with E-state index in [4.69, 9.17) is 0 Å². The highest BCUT2D eigenvalue weighted by molar-refractivity contribution is 5.93. The third-order valence-corrected chi connectivity index (χ3v) is 4.97. The molecule has 1 aliphatic heterocycles. The van der Waals surface area contributed by atoms with E-state index in [9.17, 15) is 4.79 Å². The summed E-state index contributed by atoms with van der Waals surface area (Å²) in [7, 11) is 0. The average molecular weight is 352 g/mol. The van der Waals surface area contributed by atoms with E-state index >= 15 is 0 Å². The molecule has 1 atom stereocenters. The molecule has 1 aromatic carbocycles. The highest BCUT2D eigenvalue weighted by Gasteiger charge is 2.27. The number of aromatic nitrogens is 2. The minimum Gasteiger partial charge on any atom is -0.350 e. The van der Waals surface area contributed by atoms with Crippen molar-refractivity contribution in [3.05, 3.63) is 52.8 Å². The standard InChI is InChI=1S/C21H28N4O/c1-4-18-10-5-6-11-25(18)20(26)19-13-16(3)23-21(24-19)22-14-17-9-7-8-15(2)12-17/h7-9,12-13,18H,4-6,10-11,14H2,1-3H3,(H,22,23,24). The van der Waals surface area contributed by atoms with Crippen LogP contribution in [0.1, 0.15) is 59.9 Å². The van der Waals surface area contributed by atoms with Gasteiger partial charge in [-0.3, -0.25) is 4.79 Å². The largest absolute Gasteiger partial charge is 0.350 e. The molecule has 1 aliphatic rings. The van der Waals surface area contributed by atoms with Gasteiger partial charge in [0.15, 0.2) is 0 Å². The Hall–Kier alpha value is -2.43. The van der Waals surface area contributed by atoms with Gasteiger partial charge in [-0.25, -0.2) is 9.97 Å². The molecule has 1 N–H and O–H groups in total. The fourth-order valence-corrected chi connectivity index (χ4v) is 3.60. The molecule has 1 unspecified atom stereocenters. The molecular formula is C21H28N4O. The number of hydrogen-bond donors (Lipinski definition) is 1. The monoisotopic (exact) mass is 352 g/mol. The summed E-state index contributed by atoms with van der Waals surface area (Å²) in [5, 5.41) is 3.26. The quantitative estimate of drug-likeness (QED) is 0.880. The van der Waals surface area contributed by atoms with Gasteiger partial charge in [-0.2, -0.15) is 0 Å². The summed E-state index contributed by atoms with van der Waals surface area (Å²) in [6, 6.07) is 10.4. The average Bonchev–Trinajstić information content (AvgIpc) is 2.65. The van der Waals surface area contributed by atoms with Gasteiger partial charge in [0.2, 0.25) is 5.95 Å². The smallest absolute Gasteiger partial charge is 0.272 e. The number of nitrogens with zero attached hydrogens (tertiary/aromatic N) is 3. The van der Waals surface area contributed by atoms with Crippen molar-refractivity contribution < 1.29 is 4.79 Å². The summed E-state index contributed by atoms with van der Waals surface area (Å²) >= 11 is 0. The van der Waals surface area contributed by atoms with Gasteiger partial charge in [0.25, 0.3) is 5.91 Å². The van der Waals surface area contributed by atoms with Crippen LogP contribution in [0.3, 0.4) is 0 Å². The molecule has 1 amide bonds. The Kier molecular flexibility index (Phi) is 5.86. The minimum absolute atomic E-state index is 0.0284. The van der Waals surface area contributed by atoms with Gasteiger partial charge in [-0.15, -0.1) is 0 Å². The third kappa shape index (κ3) is 4.40. The predicted molar refractivity (Wildman–Crippen MR) is 104 cm³/mol. The van der Waals surface area contributed by atoms with Gasteiger partial charge < -0.3 is 10.2 Å². The maximum absolute atomic E-state index is 13.0. The normalized spacial score (nSPS) is 17.2. The number of amides is 1. The molecule has 0 spiro atoms. The first-order valence-electron chi connectivity index (χ1n) is 9.53. The van der Waals surface area contributed by atoms with Gasteiger partial charge >= 0.3 is 0 Å². The lowest BCUT2D eigenvalue weighted by Crippen LogP contribution is -2.43. The number of benzene rings is 1. The van der Waals surface area contributed by atoms with Crippen LogP contribution >= 0.6 is 0 Å². The van der Waals surface area contributed by atoms with Crippen LogP contribution in [0.15, 0.2) is 30.3 Å². The van der Waals surface area contributed by atoms with E-state index < -0.39 is 0 Å². The van der Waals surface area contributed by atoms with Gasteiger partial charge in [-0.05, 0) is 51.2 Å². The van der Waals surface area contributed by atoms with Crippen LogP contribution in [0, 0.1) is 13.8 Å². The zero-order chi connectivity index (χ0) is 18.5. The number of anilines is 1. The number of hydrogen-bond acceptors (Lipinski definition) is 4. The zero-order valence-electron chi connectivity index (χ0n) is 16.0. The molecular weight excluding hydrogens is 324 g/mol. The Morgan fingerprint density at radius 2 is 2.08 bits per heavy atom. The minimum atomic E-state index is 0.0284. The van der Waals surface area contributed by atoms with Crippen LogP contribution in [0.5, 0.6) is 0 Å². The molecule has 138 valence electrons. The molecule has 26 heavy (non-hydrogen) atoms. The van der Waals surface area contributed by atoms with E-state index in [-0.39, 0.29) is 5.91 Å². The lowest BCUT2D eigenvalue weighted by Gasteiger charge is -2.35. The first-order chi connectivity index (χ1) is 12.6. The molecule has 5 nitrogen and oxygen atoms in total. The second-order valence-electron chi connectivity index (χ2n) is 7.12. The first-order valence-corrected chi connectivity index (χ1v) is 9.53. The molecule has 1 aromatic heterocycles. The molecule has 2 heterocycles. The van der Waals surface area contributed by atoms with Crippen molar-refractivity contribution in [1.29, 1.82) is 0 Å². The van der Waals surface area contributed by atoms with Crippen LogP contribution in [0.4, 0.5) is 5.95 Å². The molecule has 0 aliphatic carbocycles. The Morgan fingerprint density at radius 3 is 2.85 bits per heavy atom. The summed E-state index contributed by atoms with van der Waals surface area (Å²) in [6.45, 7) is 7.60. The van der Waals surface area contributed by atoms with Gasteiger partial charge in [0.05, 0.1) is 0 Å². The van der Waals surface area contributed by atoms with E-state index in [1.807, 2.05) is 17.9 Å². The molecule has 3 rings (SSSR count). The number of likely N-dealkylation sites (tertiary alicyclic amines) is 1. The number of carbonyl (C=O) groups is 1. The maximum Gasteiger partial charge on any atom is 0.272 e. The Bertz CT molecular complexity index is 774. The van der Waals surface area contributed by atoms with Crippen molar-refractivity contribution in [1.82, 2.24) is 14.9 Å². The van der Waals surface area contributed by atoms with E-state index in [1.54, 1.807) is 6.07 Å². The van der Waals surface area contributed by atoms with Crippen molar-refractivity contribution in [2.24, 2.45) is 0 Å². The second-order valence-corrected chi connectivity index (χ2v) is 7.12. The summed E-state index contributed by atoms with van der Waals surface area (Å²) in [5.74, 6) is 0.542. The van der Waals surface area contributed by atoms with Gasteiger partial charge in [-0.1, -0.05) is 36.8 Å². The Morgan fingerprint density at radius 1 is 1.23 bits per heavy atom. The topological polar surface area (TPSA) is 58.1 Å². The van der Waals surface area contributed by atoms with Crippen LogP contribution in [-0.4, -0.2) is 33.4 Å². The van der Waals surface area contributed by atoms with Crippen LogP contribution in [0.25, 0.3) is 0 Å². The van der Waals surface area contributed by atoms with Crippen LogP contribution < -0.4 is 5.32 Å². The van der Waals surface area contributed by atoms with E-state index in [2.05, 4.69) is 47.3 Å². The lowest BCUT2D eigenvalue weighted by molar-refractivity contribution is 0.0602. The first kappa shape index (κ1) is 18.4. The van der Waals surface area contributed by atoms with Crippen LogP contribution in [0.2, 0.25) is 0 Å². The number of nitrogens with one attached hydrogen (secondary N) is 1. The predicted octanol–water partition coefficient (Wildman–Crippen LogP) is 4.11. The molecule has 0 bridgehead atoms. The second kappa shape index (κ2) is 8.30. The highest BCUT2D eigenvalue weighted by Crippen LogP contribution is 2.22. The Balaban J connectivity index is 1.75. The fourth-order valence-electron chi connectivity index (χ4n) is 3.60. The van der Waals surface area contributed by atoms with Crippen molar-refractivity contribution in [2.75, 3.05) is 11.9 Å². The van der Waals surface area contributed by atoms with Gasteiger partial charge in [0, 0.05) is 24.8 Å². The fraction of sp³-hybridized carbons (Fsp3) is 0.476. The summed E-state index contributed by atoms with van der Waals surface area (Å²) in [5.41, 5.74) is 3.69. The molecule has 2 aromatic rings. The lowest BCUT2D eigenvalue weighted by atomic mass is 9.99. The third-order valence-electron chi connectivity index (χ3n) is 4.97. The maximum atomic E-state index is 13.0. The van der Waals surface area contributed by atoms with Crippen molar-refractivity contribution in [3.63, 3.8) is 0 Å². The zero-order valence-corrected chi connectivity index (χ0v) is 16.0. The molecule has 1 saturated heterocycles. The van der Waals surface area contributed by atoms with E-state index in [1.165, 1.54) is 17.5 Å². The molecule has 1 fully saturated rings. The number of carbonyl (C=O) groups excluding carboxylic acids is 1. The van der Waals surface area contributed by atoms with E-state index in [0.29, 0.717) is 24.2 Å². The summed E-state index contributed by atoms with van der Waals surface area (Å²) < 4.78 is 0. The molecule has 5 heteroatoms. The number of piperidine rings is 1. The van der Waals surface area contributed by atoms with Gasteiger partial charge in [0.1, 0.15) is 5.69 Å². The van der Waals surface area contributed by atoms with E-state index in [0.717, 1.165) is 31.5 Å². The number of aryl methyl sites for hydroxylation is 2. The molecule has 0 saturated carbocycles. The van der Waals surface area contributed by atoms with Crippen LogP contribution in [-0.2, 0) is 6.54 Å². The highest BCUT2D eigenvalue weighted by atomic mass is 16.2. The summed E-state index contributed by atoms with van der Waals surface area (Å²) in [4.78, 5) is 23.9. The number of rotatable bonds is 5.